The lowest BCUT2D eigenvalue weighted by Gasteiger charge is -1.92. The molecule has 0 amide bonds. The second-order valence-electron chi connectivity index (χ2n) is 2.46. The first kappa shape index (κ1) is 8.54. The highest BCUT2D eigenvalue weighted by Crippen LogP contribution is 2.25. The van der Waals surface area contributed by atoms with E-state index in [-0.39, 0.29) is 0 Å². The van der Waals surface area contributed by atoms with Crippen molar-refractivity contribution in [1.82, 2.24) is 9.97 Å². The van der Waals surface area contributed by atoms with E-state index >= 15 is 0 Å². The maximum absolute atomic E-state index is 8.78. The highest BCUT2D eigenvalue weighted by molar-refractivity contribution is 9.10. The molecule has 64 valence electrons. The number of nitrogens with one attached hydrogen (secondary N) is 1. The normalized spacial score (nSPS) is 10.2. The molecule has 0 saturated heterocycles. The van der Waals surface area contributed by atoms with Crippen LogP contribution in [0.2, 0.25) is 5.02 Å². The van der Waals surface area contributed by atoms with Crippen molar-refractivity contribution < 1.29 is 0 Å². The number of hydrogen-bond donors (Lipinski definition) is 1. The molecule has 0 aliphatic carbocycles. The van der Waals surface area contributed by atoms with Gasteiger partial charge in [-0.2, -0.15) is 5.26 Å². The molecule has 2 rings (SSSR count). The first-order valence-electron chi connectivity index (χ1n) is 3.46. The Kier molecular flexibility index (Phi) is 1.98. The van der Waals surface area contributed by atoms with Crippen LogP contribution in [-0.2, 0) is 0 Å². The van der Waals surface area contributed by atoms with E-state index in [9.17, 15) is 0 Å². The van der Waals surface area contributed by atoms with Crippen LogP contribution in [0.4, 0.5) is 0 Å². The minimum absolute atomic E-state index is 0.538. The molecule has 1 heterocycles. The molecule has 0 saturated carbocycles. The Labute approximate surface area is 87.5 Å². The molecule has 0 aliphatic heterocycles. The molecule has 1 aromatic carbocycles. The molecular weight excluding hydrogens is 253 g/mol. The number of H-pyrrole nitrogens is 1. The number of nitrogens with zero attached hydrogens (tertiary/aromatic N) is 2. The maximum atomic E-state index is 8.78. The van der Waals surface area contributed by atoms with Gasteiger partial charge in [-0.25, -0.2) is 4.98 Å². The lowest BCUT2D eigenvalue weighted by molar-refractivity contribution is 1.27. The smallest absolute Gasteiger partial charge is 0.175 e. The lowest BCUT2D eigenvalue weighted by atomic mass is 10.2. The molecule has 1 N–H and O–H groups in total. The van der Waals surface area contributed by atoms with Gasteiger partial charge in [-0.15, -0.1) is 0 Å². The molecule has 1 aromatic heterocycles. The first-order valence-corrected chi connectivity index (χ1v) is 4.63. The van der Waals surface area contributed by atoms with Crippen LogP contribution in [0, 0.1) is 11.3 Å². The van der Waals surface area contributed by atoms with E-state index in [1.165, 1.54) is 0 Å². The Morgan fingerprint density at radius 1 is 1.54 bits per heavy atom. The van der Waals surface area contributed by atoms with Crippen molar-refractivity contribution in [2.45, 2.75) is 0 Å². The monoisotopic (exact) mass is 255 g/mol. The zero-order valence-corrected chi connectivity index (χ0v) is 8.65. The standard InChI is InChI=1S/C8H3BrClN3/c9-8-12-6-4(3-11)1-2-5(10)7(6)13-8/h1-2H,(H,12,13). The molecule has 0 aliphatic rings. The Hall–Kier alpha value is -1.05. The summed E-state index contributed by atoms with van der Waals surface area (Å²) in [6.07, 6.45) is 0. The van der Waals surface area contributed by atoms with E-state index in [1.807, 2.05) is 0 Å². The van der Waals surface area contributed by atoms with Crippen molar-refractivity contribution in [2.75, 3.05) is 0 Å². The number of rotatable bonds is 0. The van der Waals surface area contributed by atoms with Crippen molar-refractivity contribution in [3.05, 3.63) is 27.5 Å². The van der Waals surface area contributed by atoms with Crippen molar-refractivity contribution >= 4 is 38.6 Å². The van der Waals surface area contributed by atoms with Crippen molar-refractivity contribution in [2.24, 2.45) is 0 Å². The van der Waals surface area contributed by atoms with Gasteiger partial charge in [0.1, 0.15) is 11.6 Å². The van der Waals surface area contributed by atoms with Gasteiger partial charge in [-0.3, -0.25) is 0 Å². The van der Waals surface area contributed by atoms with Crippen molar-refractivity contribution in [3.8, 4) is 6.07 Å². The van der Waals surface area contributed by atoms with Crippen LogP contribution in [0.25, 0.3) is 11.0 Å². The minimum atomic E-state index is 0.538. The molecule has 3 nitrogen and oxygen atoms in total. The van der Waals surface area contributed by atoms with Gasteiger partial charge in [0.05, 0.1) is 16.1 Å². The van der Waals surface area contributed by atoms with Crippen LogP contribution >= 0.6 is 27.5 Å². The molecule has 0 unspecified atom stereocenters. The highest BCUT2D eigenvalue weighted by Gasteiger charge is 2.08. The fraction of sp³-hybridized carbons (Fsp3) is 0. The number of benzene rings is 1. The van der Waals surface area contributed by atoms with Gasteiger partial charge in [-0.05, 0) is 28.1 Å². The van der Waals surface area contributed by atoms with Gasteiger partial charge >= 0.3 is 0 Å². The van der Waals surface area contributed by atoms with E-state index in [2.05, 4.69) is 32.0 Å². The Balaban J connectivity index is 2.94. The number of aromatic amines is 1. The van der Waals surface area contributed by atoms with Gasteiger partial charge in [0.25, 0.3) is 0 Å². The van der Waals surface area contributed by atoms with Crippen LogP contribution in [-0.4, -0.2) is 9.97 Å². The number of imidazole rings is 1. The number of nitriles is 1. The van der Waals surface area contributed by atoms with Crippen molar-refractivity contribution in [3.63, 3.8) is 0 Å². The average Bonchev–Trinajstić information content (AvgIpc) is 2.48. The Morgan fingerprint density at radius 2 is 2.31 bits per heavy atom. The first-order chi connectivity index (χ1) is 6.22. The zero-order valence-electron chi connectivity index (χ0n) is 6.31. The van der Waals surface area contributed by atoms with Gasteiger partial charge in [-0.1, -0.05) is 11.6 Å². The summed E-state index contributed by atoms with van der Waals surface area (Å²) in [5.74, 6) is 0. The van der Waals surface area contributed by atoms with E-state index in [0.717, 1.165) is 0 Å². The van der Waals surface area contributed by atoms with Gasteiger partial charge in [0, 0.05) is 0 Å². The second kappa shape index (κ2) is 3.02. The molecule has 2 aromatic rings. The summed E-state index contributed by atoms with van der Waals surface area (Å²) in [6.45, 7) is 0. The SMILES string of the molecule is N#Cc1ccc(Cl)c2nc(Br)[nH]c12. The summed E-state index contributed by atoms with van der Waals surface area (Å²) in [5.41, 5.74) is 1.83. The third-order valence-corrected chi connectivity index (χ3v) is 2.37. The average molecular weight is 256 g/mol. The quantitative estimate of drug-likeness (QED) is 0.788. The molecule has 0 radical (unpaired) electrons. The molecule has 0 atom stereocenters. The molecule has 0 bridgehead atoms. The predicted octanol–water partition coefficient (Wildman–Crippen LogP) is 2.85. The summed E-state index contributed by atoms with van der Waals surface area (Å²) >= 11 is 9.07. The highest BCUT2D eigenvalue weighted by atomic mass is 79.9. The van der Waals surface area contributed by atoms with Crippen LogP contribution in [0.5, 0.6) is 0 Å². The lowest BCUT2D eigenvalue weighted by Crippen LogP contribution is -1.78. The summed E-state index contributed by atoms with van der Waals surface area (Å²) in [7, 11) is 0. The third-order valence-electron chi connectivity index (χ3n) is 1.69. The molecule has 0 spiro atoms. The van der Waals surface area contributed by atoms with E-state index in [4.69, 9.17) is 16.9 Å². The van der Waals surface area contributed by atoms with Crippen LogP contribution in [0.15, 0.2) is 16.9 Å². The Morgan fingerprint density at radius 3 is 3.00 bits per heavy atom. The largest absolute Gasteiger partial charge is 0.331 e. The molecule has 13 heavy (non-hydrogen) atoms. The number of aromatic nitrogens is 2. The molecular formula is C8H3BrClN3. The van der Waals surface area contributed by atoms with Crippen LogP contribution < -0.4 is 0 Å². The predicted molar refractivity (Wildman–Crippen MR) is 53.5 cm³/mol. The summed E-state index contributed by atoms with van der Waals surface area (Å²) in [5, 5.41) is 9.32. The second-order valence-corrected chi connectivity index (χ2v) is 3.62. The van der Waals surface area contributed by atoms with Crippen LogP contribution in [0.1, 0.15) is 5.56 Å². The van der Waals surface area contributed by atoms with E-state index in [0.29, 0.717) is 26.4 Å². The Bertz CT molecular complexity index is 512. The van der Waals surface area contributed by atoms with Crippen molar-refractivity contribution in [1.29, 1.82) is 5.26 Å². The van der Waals surface area contributed by atoms with Gasteiger partial charge in [0.2, 0.25) is 0 Å². The topological polar surface area (TPSA) is 52.5 Å². The van der Waals surface area contributed by atoms with E-state index in [1.54, 1.807) is 12.1 Å². The fourth-order valence-corrected chi connectivity index (χ4v) is 1.70. The number of hydrogen-bond acceptors (Lipinski definition) is 2. The zero-order chi connectivity index (χ0) is 9.42. The minimum Gasteiger partial charge on any atom is -0.331 e. The summed E-state index contributed by atoms with van der Waals surface area (Å²) in [6, 6.07) is 5.38. The summed E-state index contributed by atoms with van der Waals surface area (Å²) in [4.78, 5) is 7.02. The number of halogens is 2. The molecule has 0 fully saturated rings. The van der Waals surface area contributed by atoms with Crippen LogP contribution in [0.3, 0.4) is 0 Å². The van der Waals surface area contributed by atoms with Gasteiger partial charge in [0.15, 0.2) is 4.73 Å². The maximum Gasteiger partial charge on any atom is 0.175 e. The van der Waals surface area contributed by atoms with Gasteiger partial charge < -0.3 is 4.98 Å². The summed E-state index contributed by atoms with van der Waals surface area (Å²) < 4.78 is 0.576. The third kappa shape index (κ3) is 1.30. The fourth-order valence-electron chi connectivity index (χ4n) is 1.12. The molecule has 5 heteroatoms. The number of fused-ring (bicyclic) bond motifs is 1. The van der Waals surface area contributed by atoms with E-state index < -0.39 is 0 Å².